The number of nitrogens with zero attached hydrogens (tertiary/aromatic N) is 1. The molecule has 0 bridgehead atoms. The summed E-state index contributed by atoms with van der Waals surface area (Å²) in [6, 6.07) is 8.75. The van der Waals surface area contributed by atoms with Crippen molar-refractivity contribution in [3.63, 3.8) is 0 Å². The number of hydrogen-bond acceptors (Lipinski definition) is 2. The summed E-state index contributed by atoms with van der Waals surface area (Å²) >= 11 is 0. The van der Waals surface area contributed by atoms with Gasteiger partial charge in [0.1, 0.15) is 6.54 Å². The molecule has 0 fully saturated rings. The van der Waals surface area contributed by atoms with E-state index in [0.29, 0.717) is 0 Å². The highest BCUT2D eigenvalue weighted by Crippen LogP contribution is 2.62. The minimum Gasteiger partial charge on any atom is -0.320 e. The summed E-state index contributed by atoms with van der Waals surface area (Å²) in [7, 11) is -7.12. The van der Waals surface area contributed by atoms with Crippen LogP contribution in [0.4, 0.5) is 0 Å². The highest BCUT2D eigenvalue weighted by molar-refractivity contribution is 7.70. The molecule has 0 aliphatic rings. The first kappa shape index (κ1) is 16.5. The lowest BCUT2D eigenvalue weighted by Crippen LogP contribution is -2.47. The molecule has 108 valence electrons. The van der Waals surface area contributed by atoms with Crippen molar-refractivity contribution in [2.75, 3.05) is 14.1 Å². The van der Waals surface area contributed by atoms with E-state index in [4.69, 9.17) is 0 Å². The van der Waals surface area contributed by atoms with E-state index in [1.54, 1.807) is 30.3 Å². The van der Waals surface area contributed by atoms with Crippen LogP contribution in [0.1, 0.15) is 5.56 Å². The van der Waals surface area contributed by atoms with Crippen molar-refractivity contribution in [2.24, 2.45) is 0 Å². The van der Waals surface area contributed by atoms with Gasteiger partial charge in [-0.05, 0) is 0 Å². The van der Waals surface area contributed by atoms with E-state index < -0.39 is 25.2 Å². The van der Waals surface area contributed by atoms with Crippen LogP contribution in [0.25, 0.3) is 0 Å². The third-order valence-electron chi connectivity index (χ3n) is 2.66. The Balaban J connectivity index is 3.15. The van der Waals surface area contributed by atoms with Crippen LogP contribution >= 0.6 is 15.2 Å². The lowest BCUT2D eigenvalue weighted by molar-refractivity contribution is -0.904. The summed E-state index contributed by atoms with van der Waals surface area (Å²) in [4.78, 5) is 36.9. The molecule has 0 amide bonds. The van der Waals surface area contributed by atoms with E-state index >= 15 is 0 Å². The second-order valence-corrected chi connectivity index (χ2v) is 8.69. The summed E-state index contributed by atoms with van der Waals surface area (Å²) in [6.07, 6.45) is 0. The molecule has 0 heterocycles. The van der Waals surface area contributed by atoms with E-state index in [0.717, 1.165) is 5.56 Å². The maximum absolute atomic E-state index is 11.4. The van der Waals surface area contributed by atoms with Crippen LogP contribution < -0.4 is 0 Å². The number of rotatable bonds is 5. The van der Waals surface area contributed by atoms with Crippen molar-refractivity contribution < 1.29 is 33.2 Å². The number of benzene rings is 1. The van der Waals surface area contributed by atoms with Gasteiger partial charge in [-0.2, -0.15) is 0 Å². The maximum atomic E-state index is 11.4. The van der Waals surface area contributed by atoms with Crippen LogP contribution in [-0.2, 0) is 15.7 Å². The van der Waals surface area contributed by atoms with E-state index in [9.17, 15) is 28.7 Å². The van der Waals surface area contributed by atoms with Gasteiger partial charge in [0.05, 0.1) is 14.1 Å². The quantitative estimate of drug-likeness (QED) is 0.474. The second kappa shape index (κ2) is 5.46. The molecule has 0 radical (unpaired) electrons. The summed E-state index contributed by atoms with van der Waals surface area (Å²) in [5, 5.41) is 0. The summed E-state index contributed by atoms with van der Waals surface area (Å²) < 4.78 is 22.3. The third-order valence-corrected chi connectivity index (χ3v) is 6.92. The van der Waals surface area contributed by atoms with E-state index in [2.05, 4.69) is 0 Å². The number of hydrogen-bond donors (Lipinski definition) is 4. The molecule has 0 saturated carbocycles. The first-order valence-corrected chi connectivity index (χ1v) is 8.78. The molecule has 1 aromatic rings. The second-order valence-electron chi connectivity index (χ2n) is 4.95. The Hall–Kier alpha value is -0.520. The Kier molecular flexibility index (Phi) is 4.75. The highest BCUT2D eigenvalue weighted by Gasteiger charge is 2.54. The van der Waals surface area contributed by atoms with Gasteiger partial charge in [-0.15, -0.1) is 0 Å². The molecular weight excluding hydrogens is 292 g/mol. The van der Waals surface area contributed by atoms with Gasteiger partial charge in [-0.25, -0.2) is 0 Å². The minimum atomic E-state index is -4.95. The highest BCUT2D eigenvalue weighted by atomic mass is 31.2. The predicted octanol–water partition coefficient (Wildman–Crippen LogP) is 0.902. The van der Waals surface area contributed by atoms with Crippen LogP contribution in [0.5, 0.6) is 0 Å². The molecule has 0 saturated heterocycles. The van der Waals surface area contributed by atoms with Crippen LogP contribution in [0.3, 0.4) is 0 Å². The fourth-order valence-electron chi connectivity index (χ4n) is 2.15. The molecule has 7 nitrogen and oxygen atoms in total. The van der Waals surface area contributed by atoms with Crippen molar-refractivity contribution in [1.29, 1.82) is 0 Å². The molecule has 1 aromatic carbocycles. The molecule has 19 heavy (non-hydrogen) atoms. The zero-order valence-electron chi connectivity index (χ0n) is 10.6. The van der Waals surface area contributed by atoms with Gasteiger partial charge in [0, 0.05) is 5.56 Å². The van der Waals surface area contributed by atoms with E-state index in [1.807, 2.05) is 0 Å². The Labute approximate surface area is 111 Å². The van der Waals surface area contributed by atoms with Crippen molar-refractivity contribution in [1.82, 2.24) is 0 Å². The van der Waals surface area contributed by atoms with Gasteiger partial charge < -0.3 is 24.1 Å². The standard InChI is InChI=1S/C10H17NO6P2/c1-11(2,8-9-6-4-3-5-7-9)10(18(12,13)14)19(15,16)17/h3-7,10H,8H2,1-2H3,(H3-,12,13,14,15,16,17)/p+1. The van der Waals surface area contributed by atoms with Crippen molar-refractivity contribution in [2.45, 2.75) is 12.1 Å². The van der Waals surface area contributed by atoms with Gasteiger partial charge in [0.2, 0.25) is 0 Å². The summed E-state index contributed by atoms with van der Waals surface area (Å²) in [6.45, 7) is 0.0989. The molecule has 0 unspecified atom stereocenters. The molecule has 0 aliphatic carbocycles. The van der Waals surface area contributed by atoms with Gasteiger partial charge >= 0.3 is 15.2 Å². The van der Waals surface area contributed by atoms with Gasteiger partial charge in [-0.3, -0.25) is 9.13 Å². The smallest absolute Gasteiger partial charge is 0.320 e. The topological polar surface area (TPSA) is 115 Å². The summed E-state index contributed by atoms with van der Waals surface area (Å²) in [5.41, 5.74) is -1.33. The first-order valence-electron chi connectivity index (χ1n) is 5.41. The fourth-order valence-corrected chi connectivity index (χ4v) is 5.51. The van der Waals surface area contributed by atoms with Crippen molar-refractivity contribution in [3.8, 4) is 0 Å². The SMILES string of the molecule is C[N+](C)(Cc1ccccc1)C(P(=O)(O)O)P(=O)(O)O. The van der Waals surface area contributed by atoms with Crippen LogP contribution in [0.15, 0.2) is 30.3 Å². The van der Waals surface area contributed by atoms with Gasteiger partial charge in [-0.1, -0.05) is 30.3 Å². The lowest BCUT2D eigenvalue weighted by Gasteiger charge is -2.37. The zero-order chi connectivity index (χ0) is 14.9. The molecule has 0 aromatic heterocycles. The molecule has 9 heteroatoms. The summed E-state index contributed by atoms with van der Waals surface area (Å²) in [5.74, 6) is 0. The van der Waals surface area contributed by atoms with Crippen LogP contribution in [-0.4, -0.2) is 43.7 Å². The maximum Gasteiger partial charge on any atom is 0.395 e. The molecule has 0 spiro atoms. The van der Waals surface area contributed by atoms with E-state index in [1.165, 1.54) is 14.1 Å². The average molecular weight is 310 g/mol. The zero-order valence-corrected chi connectivity index (χ0v) is 12.4. The molecule has 0 aliphatic heterocycles. The molecular formula is C10H18NO6P2+. The first-order chi connectivity index (χ1) is 8.44. The fraction of sp³-hybridized carbons (Fsp3) is 0.400. The monoisotopic (exact) mass is 310 g/mol. The Morgan fingerprint density at radius 1 is 1.00 bits per heavy atom. The Bertz CT molecular complexity index is 498. The third kappa shape index (κ3) is 4.51. The Morgan fingerprint density at radius 3 is 1.79 bits per heavy atom. The largest absolute Gasteiger partial charge is 0.395 e. The molecule has 4 N–H and O–H groups in total. The molecule has 1 rings (SSSR count). The van der Waals surface area contributed by atoms with E-state index in [-0.39, 0.29) is 6.54 Å². The van der Waals surface area contributed by atoms with Gasteiger partial charge in [0.15, 0.2) is 0 Å². The predicted molar refractivity (Wildman–Crippen MR) is 70.1 cm³/mol. The lowest BCUT2D eigenvalue weighted by atomic mass is 10.2. The average Bonchev–Trinajstić information content (AvgIpc) is 2.11. The Morgan fingerprint density at radius 2 is 1.42 bits per heavy atom. The van der Waals surface area contributed by atoms with Crippen LogP contribution in [0, 0.1) is 0 Å². The van der Waals surface area contributed by atoms with Gasteiger partial charge in [0.25, 0.3) is 5.52 Å². The van der Waals surface area contributed by atoms with Crippen molar-refractivity contribution >= 4 is 15.2 Å². The van der Waals surface area contributed by atoms with Crippen LogP contribution in [0.2, 0.25) is 0 Å². The van der Waals surface area contributed by atoms with Crippen molar-refractivity contribution in [3.05, 3.63) is 35.9 Å². The minimum absolute atomic E-state index is 0.0989. The number of quaternary nitrogens is 1. The normalized spacial score (nSPS) is 13.8. The molecule has 0 atom stereocenters.